The van der Waals surface area contributed by atoms with Crippen LogP contribution in [-0.2, 0) is 4.79 Å². The minimum atomic E-state index is -0.395. The number of halogens is 1. The zero-order valence-electron chi connectivity index (χ0n) is 16.0. The van der Waals surface area contributed by atoms with Crippen LogP contribution in [0.1, 0.15) is 62.3 Å². The summed E-state index contributed by atoms with van der Waals surface area (Å²) in [4.78, 5) is 14.6. The van der Waals surface area contributed by atoms with Crippen LogP contribution in [0, 0.1) is 11.2 Å². The quantitative estimate of drug-likeness (QED) is 0.851. The molecule has 1 saturated heterocycles. The number of aromatic nitrogens is 2. The Hall–Kier alpha value is -2.44. The minimum absolute atomic E-state index is 0.0888. The first-order chi connectivity index (χ1) is 13.5. The zero-order chi connectivity index (χ0) is 19.3. The molecule has 3 aliphatic rings. The second-order valence-electron chi connectivity index (χ2n) is 8.64. The number of piperidine rings is 1. The molecule has 28 heavy (non-hydrogen) atoms. The molecule has 1 aliphatic heterocycles. The average Bonchev–Trinajstić information content (AvgIpc) is 3.61. The summed E-state index contributed by atoms with van der Waals surface area (Å²) in [5, 5.41) is 11.3. The Labute approximate surface area is 163 Å². The van der Waals surface area contributed by atoms with Gasteiger partial charge in [-0.25, -0.2) is 4.39 Å². The smallest absolute Gasteiger partial charge is 0.316 e. The van der Waals surface area contributed by atoms with Crippen molar-refractivity contribution in [1.82, 2.24) is 15.1 Å². The van der Waals surface area contributed by atoms with Gasteiger partial charge in [0.2, 0.25) is 11.8 Å². The third-order valence-electron chi connectivity index (χ3n) is 6.65. The van der Waals surface area contributed by atoms with Crippen molar-refractivity contribution in [1.29, 1.82) is 0 Å². The first kappa shape index (κ1) is 17.6. The second kappa shape index (κ2) is 6.57. The van der Waals surface area contributed by atoms with Crippen molar-refractivity contribution in [2.45, 2.75) is 56.9 Å². The fourth-order valence-electron chi connectivity index (χ4n) is 4.39. The van der Waals surface area contributed by atoms with Crippen LogP contribution in [0.4, 0.5) is 10.4 Å². The van der Waals surface area contributed by atoms with Gasteiger partial charge in [0.1, 0.15) is 11.9 Å². The van der Waals surface area contributed by atoms with Gasteiger partial charge in [0.05, 0.1) is 0 Å². The Morgan fingerprint density at radius 3 is 2.57 bits per heavy atom. The molecule has 5 rings (SSSR count). The minimum Gasteiger partial charge on any atom is -0.408 e. The number of anilines is 1. The number of carbonyl (C=O) groups excluding carboxylic acids is 1. The van der Waals surface area contributed by atoms with Crippen LogP contribution in [0.15, 0.2) is 28.7 Å². The van der Waals surface area contributed by atoms with Gasteiger partial charge >= 0.3 is 6.01 Å². The molecule has 3 atom stereocenters. The van der Waals surface area contributed by atoms with E-state index in [1.807, 2.05) is 11.8 Å². The Balaban J connectivity index is 1.16. The lowest BCUT2D eigenvalue weighted by Gasteiger charge is -2.33. The van der Waals surface area contributed by atoms with Gasteiger partial charge in [-0.3, -0.25) is 4.79 Å². The van der Waals surface area contributed by atoms with Gasteiger partial charge in [-0.05, 0) is 68.1 Å². The fourth-order valence-corrected chi connectivity index (χ4v) is 4.39. The second-order valence-corrected chi connectivity index (χ2v) is 8.64. The summed E-state index contributed by atoms with van der Waals surface area (Å²) in [6, 6.07) is 6.46. The van der Waals surface area contributed by atoms with Crippen molar-refractivity contribution >= 4 is 11.9 Å². The predicted octanol–water partition coefficient (Wildman–Crippen LogP) is 3.68. The first-order valence-corrected chi connectivity index (χ1v) is 10.2. The molecule has 1 amide bonds. The van der Waals surface area contributed by atoms with E-state index in [9.17, 15) is 9.18 Å². The number of nitrogens with one attached hydrogen (secondary N) is 1. The number of hydrogen-bond acceptors (Lipinski definition) is 5. The van der Waals surface area contributed by atoms with Gasteiger partial charge in [0, 0.05) is 19.0 Å². The zero-order valence-corrected chi connectivity index (χ0v) is 16.0. The molecule has 6 nitrogen and oxygen atoms in total. The van der Waals surface area contributed by atoms with E-state index in [1.165, 1.54) is 25.0 Å². The van der Waals surface area contributed by atoms with E-state index in [-0.39, 0.29) is 29.6 Å². The molecule has 7 heteroatoms. The lowest BCUT2D eigenvalue weighted by atomic mass is 9.93. The van der Waals surface area contributed by atoms with Crippen LogP contribution in [0.25, 0.3) is 0 Å². The van der Waals surface area contributed by atoms with Crippen molar-refractivity contribution in [2.24, 2.45) is 5.41 Å². The summed E-state index contributed by atoms with van der Waals surface area (Å²) in [6.45, 7) is 3.54. The Morgan fingerprint density at radius 2 is 1.89 bits per heavy atom. The normalized spacial score (nSPS) is 26.1. The van der Waals surface area contributed by atoms with Crippen molar-refractivity contribution in [3.05, 3.63) is 41.5 Å². The summed E-state index contributed by atoms with van der Waals surface area (Å²) in [5.74, 6) is 0.883. The SMILES string of the molecule is C[C@@H](Nc1nnc([C@@H]2C[C@H]2c2ccc(F)cc2)o1)C(=O)N1CCC2(CC1)CC2. The molecular formula is C21H25FN4O2. The van der Waals surface area contributed by atoms with E-state index >= 15 is 0 Å². The Morgan fingerprint density at radius 1 is 1.18 bits per heavy atom. The van der Waals surface area contributed by atoms with E-state index in [1.54, 1.807) is 12.1 Å². The third-order valence-corrected chi connectivity index (χ3v) is 6.65. The number of amides is 1. The van der Waals surface area contributed by atoms with Gasteiger partial charge in [-0.15, -0.1) is 5.10 Å². The molecule has 3 fully saturated rings. The number of carbonyl (C=O) groups is 1. The molecule has 1 N–H and O–H groups in total. The molecule has 0 radical (unpaired) electrons. The molecule has 0 unspecified atom stereocenters. The standard InChI is InChI=1S/C21H25FN4O2/c1-13(19(27)26-10-8-21(6-7-21)9-11-26)23-20-25-24-18(28-20)17-12-16(17)14-2-4-15(22)5-3-14/h2-5,13,16-17H,6-12H2,1H3,(H,23,25)/t13-,16+,17-/m1/s1. The highest BCUT2D eigenvalue weighted by atomic mass is 19.1. The van der Waals surface area contributed by atoms with Crippen molar-refractivity contribution in [3.8, 4) is 0 Å². The van der Waals surface area contributed by atoms with Crippen LogP contribution in [0.5, 0.6) is 0 Å². The molecule has 2 saturated carbocycles. The fraction of sp³-hybridized carbons (Fsp3) is 0.571. The number of likely N-dealkylation sites (tertiary alicyclic amines) is 1. The molecule has 2 aromatic rings. The maximum atomic E-state index is 13.1. The van der Waals surface area contributed by atoms with Crippen molar-refractivity contribution in [2.75, 3.05) is 18.4 Å². The topological polar surface area (TPSA) is 71.3 Å². The van der Waals surface area contributed by atoms with E-state index in [0.717, 1.165) is 37.9 Å². The molecule has 2 heterocycles. The van der Waals surface area contributed by atoms with E-state index in [2.05, 4.69) is 15.5 Å². The van der Waals surface area contributed by atoms with Gasteiger partial charge < -0.3 is 14.6 Å². The third kappa shape index (κ3) is 3.38. The highest BCUT2D eigenvalue weighted by Crippen LogP contribution is 2.54. The monoisotopic (exact) mass is 384 g/mol. The van der Waals surface area contributed by atoms with Crippen LogP contribution in [0.3, 0.4) is 0 Å². The van der Waals surface area contributed by atoms with Crippen LogP contribution >= 0.6 is 0 Å². The maximum absolute atomic E-state index is 13.1. The molecule has 2 aliphatic carbocycles. The molecule has 1 aromatic carbocycles. The number of rotatable bonds is 5. The highest BCUT2D eigenvalue weighted by Gasteiger charge is 2.46. The Kier molecular flexibility index (Phi) is 4.14. The van der Waals surface area contributed by atoms with Gasteiger partial charge in [-0.1, -0.05) is 17.2 Å². The van der Waals surface area contributed by atoms with Crippen molar-refractivity contribution in [3.63, 3.8) is 0 Å². The van der Waals surface area contributed by atoms with Crippen LogP contribution in [-0.4, -0.2) is 40.1 Å². The number of benzene rings is 1. The largest absolute Gasteiger partial charge is 0.408 e. The summed E-state index contributed by atoms with van der Waals surface area (Å²) >= 11 is 0. The van der Waals surface area contributed by atoms with Gasteiger partial charge in [-0.2, -0.15) is 0 Å². The molecule has 148 valence electrons. The summed E-state index contributed by atoms with van der Waals surface area (Å²) < 4.78 is 18.8. The highest BCUT2D eigenvalue weighted by molar-refractivity contribution is 5.83. The van der Waals surface area contributed by atoms with Gasteiger partial charge in [0.15, 0.2) is 0 Å². The van der Waals surface area contributed by atoms with Crippen LogP contribution in [0.2, 0.25) is 0 Å². The first-order valence-electron chi connectivity index (χ1n) is 10.2. The van der Waals surface area contributed by atoms with Crippen LogP contribution < -0.4 is 5.32 Å². The maximum Gasteiger partial charge on any atom is 0.316 e. The summed E-state index contributed by atoms with van der Waals surface area (Å²) in [5.41, 5.74) is 1.64. The number of nitrogens with zero attached hydrogens (tertiary/aromatic N) is 3. The lowest BCUT2D eigenvalue weighted by Crippen LogP contribution is -2.45. The predicted molar refractivity (Wildman–Crippen MR) is 101 cm³/mol. The van der Waals surface area contributed by atoms with Crippen molar-refractivity contribution < 1.29 is 13.6 Å². The molecule has 0 bridgehead atoms. The molecule has 1 aromatic heterocycles. The van der Waals surface area contributed by atoms with Gasteiger partial charge in [0.25, 0.3) is 0 Å². The van der Waals surface area contributed by atoms with E-state index in [4.69, 9.17) is 4.42 Å². The molecule has 1 spiro atoms. The lowest BCUT2D eigenvalue weighted by molar-refractivity contribution is -0.133. The van der Waals surface area contributed by atoms with E-state index in [0.29, 0.717) is 11.3 Å². The summed E-state index contributed by atoms with van der Waals surface area (Å²) in [6.07, 6.45) is 5.82. The average molecular weight is 384 g/mol. The molecular weight excluding hydrogens is 359 g/mol. The summed E-state index contributed by atoms with van der Waals surface area (Å²) in [7, 11) is 0. The number of hydrogen-bond donors (Lipinski definition) is 1. The van der Waals surface area contributed by atoms with E-state index < -0.39 is 6.04 Å². The Bertz CT molecular complexity index is 867.